The van der Waals surface area contributed by atoms with Gasteiger partial charge in [0.25, 0.3) is 0 Å². The fraction of sp³-hybridized carbons (Fsp3) is 1.00. The van der Waals surface area contributed by atoms with Crippen LogP contribution in [0.4, 0.5) is 0 Å². The van der Waals surface area contributed by atoms with E-state index in [9.17, 15) is 0 Å². The van der Waals surface area contributed by atoms with Gasteiger partial charge in [0.05, 0.1) is 0 Å². The predicted molar refractivity (Wildman–Crippen MR) is 46.1 cm³/mol. The van der Waals surface area contributed by atoms with Gasteiger partial charge in [-0.1, -0.05) is 39.5 Å². The Balaban J connectivity index is 2.32. The van der Waals surface area contributed by atoms with Gasteiger partial charge in [-0.05, 0) is 24.7 Å². The van der Waals surface area contributed by atoms with Crippen molar-refractivity contribution >= 4 is 0 Å². The molecule has 0 heterocycles. The zero-order chi connectivity index (χ0) is 7.45. The molecular weight excluding hydrogens is 120 g/mol. The Kier molecular flexibility index (Phi) is 2.76. The molecule has 0 amide bonds. The van der Waals surface area contributed by atoms with Crippen LogP contribution in [0.5, 0.6) is 0 Å². The average molecular weight is 140 g/mol. The Labute approximate surface area is 65.0 Å². The average Bonchev–Trinajstić information content (AvgIpc) is 1.89. The third-order valence-corrected chi connectivity index (χ3v) is 2.91. The normalized spacial score (nSPS) is 24.6. The Morgan fingerprint density at radius 2 is 1.70 bits per heavy atom. The van der Waals surface area contributed by atoms with Crippen LogP contribution in [-0.4, -0.2) is 0 Å². The van der Waals surface area contributed by atoms with Crippen LogP contribution in [0.2, 0.25) is 0 Å². The lowest BCUT2D eigenvalue weighted by Gasteiger charge is -2.33. The highest BCUT2D eigenvalue weighted by molar-refractivity contribution is 4.77. The summed E-state index contributed by atoms with van der Waals surface area (Å²) in [5.41, 5.74) is 0.729. The SMILES string of the molecule is CCCC1(C)CCCCC1. The van der Waals surface area contributed by atoms with E-state index in [4.69, 9.17) is 0 Å². The summed E-state index contributed by atoms with van der Waals surface area (Å²) in [5, 5.41) is 0. The topological polar surface area (TPSA) is 0 Å². The number of hydrogen-bond acceptors (Lipinski definition) is 0. The fourth-order valence-corrected chi connectivity index (χ4v) is 2.26. The first-order valence-electron chi connectivity index (χ1n) is 4.77. The summed E-state index contributed by atoms with van der Waals surface area (Å²) >= 11 is 0. The lowest BCUT2D eigenvalue weighted by Crippen LogP contribution is -2.19. The molecule has 0 spiro atoms. The maximum Gasteiger partial charge on any atom is -0.0326 e. The number of rotatable bonds is 2. The van der Waals surface area contributed by atoms with Crippen molar-refractivity contribution in [2.45, 2.75) is 58.8 Å². The summed E-state index contributed by atoms with van der Waals surface area (Å²) in [6, 6.07) is 0. The second-order valence-electron chi connectivity index (χ2n) is 4.12. The molecule has 60 valence electrons. The smallest absolute Gasteiger partial charge is 0.0326 e. The van der Waals surface area contributed by atoms with Crippen LogP contribution >= 0.6 is 0 Å². The highest BCUT2D eigenvalue weighted by atomic mass is 14.3. The van der Waals surface area contributed by atoms with Crippen molar-refractivity contribution in [3.63, 3.8) is 0 Å². The van der Waals surface area contributed by atoms with Crippen molar-refractivity contribution in [3.8, 4) is 0 Å². The van der Waals surface area contributed by atoms with Crippen molar-refractivity contribution in [2.75, 3.05) is 0 Å². The Hall–Kier alpha value is 0. The standard InChI is InChI=1S/C10H20/c1-3-7-10(2)8-5-4-6-9-10/h3-9H2,1-2H3. The predicted octanol–water partition coefficient (Wildman–Crippen LogP) is 3.76. The summed E-state index contributed by atoms with van der Waals surface area (Å²) in [6.07, 6.45) is 10.2. The van der Waals surface area contributed by atoms with E-state index in [1.165, 1.54) is 44.9 Å². The molecule has 0 radical (unpaired) electrons. The van der Waals surface area contributed by atoms with Gasteiger partial charge in [0.1, 0.15) is 0 Å². The molecule has 0 bridgehead atoms. The van der Waals surface area contributed by atoms with Crippen molar-refractivity contribution in [3.05, 3.63) is 0 Å². The second kappa shape index (κ2) is 3.41. The molecule has 0 saturated heterocycles. The van der Waals surface area contributed by atoms with Gasteiger partial charge >= 0.3 is 0 Å². The molecule has 0 unspecified atom stereocenters. The molecule has 1 aliphatic carbocycles. The van der Waals surface area contributed by atoms with Gasteiger partial charge in [-0.15, -0.1) is 0 Å². The van der Waals surface area contributed by atoms with Gasteiger partial charge in [0, 0.05) is 0 Å². The van der Waals surface area contributed by atoms with E-state index >= 15 is 0 Å². The Morgan fingerprint density at radius 1 is 1.10 bits per heavy atom. The zero-order valence-electron chi connectivity index (χ0n) is 7.45. The molecule has 0 nitrogen and oxygen atoms in total. The molecule has 0 N–H and O–H groups in total. The van der Waals surface area contributed by atoms with Crippen LogP contribution in [0, 0.1) is 5.41 Å². The van der Waals surface area contributed by atoms with Crippen LogP contribution in [-0.2, 0) is 0 Å². The summed E-state index contributed by atoms with van der Waals surface area (Å²) in [4.78, 5) is 0. The Morgan fingerprint density at radius 3 is 2.20 bits per heavy atom. The van der Waals surface area contributed by atoms with Gasteiger partial charge in [-0.25, -0.2) is 0 Å². The molecule has 0 aromatic heterocycles. The molecule has 0 atom stereocenters. The summed E-state index contributed by atoms with van der Waals surface area (Å²) in [6.45, 7) is 4.77. The van der Waals surface area contributed by atoms with Gasteiger partial charge in [0.2, 0.25) is 0 Å². The summed E-state index contributed by atoms with van der Waals surface area (Å²) in [5.74, 6) is 0. The van der Waals surface area contributed by atoms with Crippen LogP contribution in [0.1, 0.15) is 58.8 Å². The zero-order valence-corrected chi connectivity index (χ0v) is 7.45. The molecule has 10 heavy (non-hydrogen) atoms. The molecule has 0 aromatic rings. The fourth-order valence-electron chi connectivity index (χ4n) is 2.26. The molecule has 0 aliphatic heterocycles. The lowest BCUT2D eigenvalue weighted by molar-refractivity contribution is 0.197. The van der Waals surface area contributed by atoms with E-state index in [1.807, 2.05) is 0 Å². The van der Waals surface area contributed by atoms with Gasteiger partial charge in [-0.3, -0.25) is 0 Å². The van der Waals surface area contributed by atoms with E-state index < -0.39 is 0 Å². The van der Waals surface area contributed by atoms with E-state index in [-0.39, 0.29) is 0 Å². The van der Waals surface area contributed by atoms with Gasteiger partial charge in [0.15, 0.2) is 0 Å². The first-order chi connectivity index (χ1) is 4.77. The van der Waals surface area contributed by atoms with Crippen LogP contribution < -0.4 is 0 Å². The van der Waals surface area contributed by atoms with Crippen molar-refractivity contribution in [1.29, 1.82) is 0 Å². The maximum absolute atomic E-state index is 2.47. The van der Waals surface area contributed by atoms with E-state index in [1.54, 1.807) is 0 Å². The quantitative estimate of drug-likeness (QED) is 0.548. The van der Waals surface area contributed by atoms with Crippen LogP contribution in [0.15, 0.2) is 0 Å². The molecule has 0 aromatic carbocycles. The largest absolute Gasteiger partial charge is 0.0654 e. The van der Waals surface area contributed by atoms with Crippen molar-refractivity contribution in [2.24, 2.45) is 5.41 Å². The minimum atomic E-state index is 0.729. The molecule has 1 fully saturated rings. The third kappa shape index (κ3) is 2.00. The van der Waals surface area contributed by atoms with Crippen LogP contribution in [0.25, 0.3) is 0 Å². The minimum absolute atomic E-state index is 0.729. The molecule has 1 aliphatic rings. The minimum Gasteiger partial charge on any atom is -0.0654 e. The first kappa shape index (κ1) is 8.10. The highest BCUT2D eigenvalue weighted by Gasteiger charge is 2.24. The van der Waals surface area contributed by atoms with E-state index in [2.05, 4.69) is 13.8 Å². The first-order valence-corrected chi connectivity index (χ1v) is 4.77. The summed E-state index contributed by atoms with van der Waals surface area (Å²) < 4.78 is 0. The Bertz CT molecular complexity index is 82.7. The van der Waals surface area contributed by atoms with Crippen molar-refractivity contribution < 1.29 is 0 Å². The highest BCUT2D eigenvalue weighted by Crippen LogP contribution is 2.39. The van der Waals surface area contributed by atoms with Gasteiger partial charge < -0.3 is 0 Å². The molecule has 1 rings (SSSR count). The van der Waals surface area contributed by atoms with E-state index in [0.717, 1.165) is 5.41 Å². The summed E-state index contributed by atoms with van der Waals surface area (Å²) in [7, 11) is 0. The second-order valence-corrected chi connectivity index (χ2v) is 4.12. The van der Waals surface area contributed by atoms with E-state index in [0.29, 0.717) is 0 Å². The molecule has 1 saturated carbocycles. The number of hydrogen-bond donors (Lipinski definition) is 0. The van der Waals surface area contributed by atoms with Gasteiger partial charge in [-0.2, -0.15) is 0 Å². The molecule has 0 heteroatoms. The van der Waals surface area contributed by atoms with Crippen molar-refractivity contribution in [1.82, 2.24) is 0 Å². The third-order valence-electron chi connectivity index (χ3n) is 2.91. The maximum atomic E-state index is 2.47. The lowest BCUT2D eigenvalue weighted by atomic mass is 9.73. The molecular formula is C10H20. The van der Waals surface area contributed by atoms with Crippen LogP contribution in [0.3, 0.4) is 0 Å². The monoisotopic (exact) mass is 140 g/mol.